The zero-order valence-electron chi connectivity index (χ0n) is 20.2. The molecule has 5 fully saturated rings. The third-order valence-corrected chi connectivity index (χ3v) is 10.8. The van der Waals surface area contributed by atoms with Crippen LogP contribution in [0.25, 0.3) is 0 Å². The van der Waals surface area contributed by atoms with E-state index in [2.05, 4.69) is 13.8 Å². The van der Waals surface area contributed by atoms with E-state index in [0.29, 0.717) is 18.3 Å². The van der Waals surface area contributed by atoms with Crippen molar-refractivity contribution in [3.8, 4) is 0 Å². The lowest BCUT2D eigenvalue weighted by molar-refractivity contribution is -0.190. The highest BCUT2D eigenvalue weighted by molar-refractivity contribution is 5.69. The van der Waals surface area contributed by atoms with Crippen LogP contribution in [0.15, 0.2) is 27.6 Å². The van der Waals surface area contributed by atoms with Crippen LogP contribution in [-0.4, -0.2) is 46.2 Å². The molecule has 34 heavy (non-hydrogen) atoms. The Morgan fingerprint density at radius 2 is 1.94 bits per heavy atom. The first-order valence-electron chi connectivity index (χ1n) is 13.0. The molecule has 1 aliphatic heterocycles. The maximum absolute atomic E-state index is 12.5. The number of rotatable bonds is 3. The number of carbonyl (C=O) groups is 1. The Hall–Kier alpha value is -1.70. The number of carbonyl (C=O) groups excluding carboxylic acids is 1. The van der Waals surface area contributed by atoms with Gasteiger partial charge in [0.05, 0.1) is 18.5 Å². The molecule has 1 aromatic heterocycles. The van der Waals surface area contributed by atoms with Crippen LogP contribution in [0.1, 0.15) is 77.2 Å². The van der Waals surface area contributed by atoms with E-state index in [1.807, 2.05) is 0 Å². The Labute approximate surface area is 199 Å². The minimum absolute atomic E-state index is 0.0585. The van der Waals surface area contributed by atoms with Crippen LogP contribution in [0.2, 0.25) is 0 Å². The van der Waals surface area contributed by atoms with E-state index in [1.54, 1.807) is 13.0 Å². The van der Waals surface area contributed by atoms with E-state index in [0.717, 1.165) is 37.7 Å². The molecule has 7 heteroatoms. The Bertz CT molecular complexity index is 1030. The first-order chi connectivity index (χ1) is 16.2. The van der Waals surface area contributed by atoms with Crippen molar-refractivity contribution in [1.29, 1.82) is 0 Å². The molecule has 186 valence electrons. The van der Waals surface area contributed by atoms with Gasteiger partial charge in [-0.05, 0) is 73.3 Å². The normalized spacial score (nSPS) is 51.0. The quantitative estimate of drug-likeness (QED) is 0.514. The van der Waals surface area contributed by atoms with Gasteiger partial charge in [-0.2, -0.15) is 0 Å². The lowest BCUT2D eigenvalue weighted by Gasteiger charge is -2.62. The summed E-state index contributed by atoms with van der Waals surface area (Å²) in [6.07, 6.45) is 5.36. The first kappa shape index (κ1) is 22.7. The number of aliphatic hydroxyl groups is 2. The molecule has 4 aliphatic carbocycles. The topological polar surface area (TPSA) is 110 Å². The van der Waals surface area contributed by atoms with Crippen LogP contribution < -0.4 is 5.63 Å². The molecule has 0 amide bonds. The van der Waals surface area contributed by atoms with Gasteiger partial charge in [-0.25, -0.2) is 4.79 Å². The van der Waals surface area contributed by atoms with Crippen LogP contribution in [0.5, 0.6) is 0 Å². The number of hydrogen-bond donors (Lipinski definition) is 2. The molecule has 0 bridgehead atoms. The second-order valence-electron chi connectivity index (χ2n) is 12.0. The van der Waals surface area contributed by atoms with Gasteiger partial charge in [0.15, 0.2) is 0 Å². The van der Waals surface area contributed by atoms with Crippen molar-refractivity contribution in [2.24, 2.45) is 28.6 Å². The largest absolute Gasteiger partial charge is 0.459 e. The summed E-state index contributed by atoms with van der Waals surface area (Å²) >= 11 is 0. The fourth-order valence-electron chi connectivity index (χ4n) is 9.10. The van der Waals surface area contributed by atoms with Crippen molar-refractivity contribution in [3.63, 3.8) is 0 Å². The predicted molar refractivity (Wildman–Crippen MR) is 122 cm³/mol. The van der Waals surface area contributed by atoms with E-state index >= 15 is 0 Å². The monoisotopic (exact) mass is 472 g/mol. The van der Waals surface area contributed by atoms with Gasteiger partial charge in [0.2, 0.25) is 0 Å². The SMILES string of the molecule is CCC(=O)OC1[C@H]2O[C@]23[C@@H]2CC[C@@H]4C[C@@H](O)CC[C@]4(C)[C@H]2CC(O)[C@]3(C)[C@H]1c1ccc(=O)oc1. The van der Waals surface area contributed by atoms with E-state index in [-0.39, 0.29) is 41.8 Å². The van der Waals surface area contributed by atoms with Crippen molar-refractivity contribution in [1.82, 2.24) is 0 Å². The Kier molecular flexibility index (Phi) is 4.95. The molecular formula is C27H36O7. The number of aliphatic hydroxyl groups excluding tert-OH is 2. The van der Waals surface area contributed by atoms with Gasteiger partial charge in [-0.1, -0.05) is 20.8 Å². The maximum atomic E-state index is 12.5. The number of fused-ring (bicyclic) bond motifs is 3. The molecule has 6 rings (SSSR count). The molecule has 0 radical (unpaired) electrons. The summed E-state index contributed by atoms with van der Waals surface area (Å²) in [6.45, 7) is 6.22. The molecule has 7 nitrogen and oxygen atoms in total. The van der Waals surface area contributed by atoms with E-state index in [9.17, 15) is 19.8 Å². The average molecular weight is 473 g/mol. The van der Waals surface area contributed by atoms with Crippen LogP contribution in [0.3, 0.4) is 0 Å². The maximum Gasteiger partial charge on any atom is 0.335 e. The van der Waals surface area contributed by atoms with E-state index in [4.69, 9.17) is 13.9 Å². The Morgan fingerprint density at radius 1 is 1.15 bits per heavy atom. The summed E-state index contributed by atoms with van der Waals surface area (Å²) in [5.74, 6) is 0.397. The van der Waals surface area contributed by atoms with Crippen molar-refractivity contribution in [3.05, 3.63) is 34.4 Å². The molecule has 4 saturated carbocycles. The predicted octanol–water partition coefficient (Wildman–Crippen LogP) is 3.16. The van der Waals surface area contributed by atoms with Crippen LogP contribution in [0.4, 0.5) is 0 Å². The van der Waals surface area contributed by atoms with Gasteiger partial charge in [0, 0.05) is 23.8 Å². The fraction of sp³-hybridized carbons (Fsp3) is 0.778. The molecule has 5 aliphatic rings. The lowest BCUT2D eigenvalue weighted by atomic mass is 9.43. The van der Waals surface area contributed by atoms with Gasteiger partial charge in [-0.15, -0.1) is 0 Å². The molecule has 2 heterocycles. The molecule has 1 aromatic rings. The van der Waals surface area contributed by atoms with Crippen molar-refractivity contribution in [2.45, 2.75) is 102 Å². The highest BCUT2D eigenvalue weighted by atomic mass is 16.7. The van der Waals surface area contributed by atoms with E-state index in [1.165, 1.54) is 12.3 Å². The smallest absolute Gasteiger partial charge is 0.335 e. The zero-order chi connectivity index (χ0) is 24.0. The Balaban J connectivity index is 1.44. The number of ether oxygens (including phenoxy) is 2. The van der Waals surface area contributed by atoms with Crippen molar-refractivity contribution >= 4 is 5.97 Å². The van der Waals surface area contributed by atoms with Gasteiger partial charge in [0.25, 0.3) is 0 Å². The van der Waals surface area contributed by atoms with E-state index < -0.39 is 28.8 Å². The first-order valence-corrected chi connectivity index (χ1v) is 13.0. The molecule has 2 N–H and O–H groups in total. The summed E-state index contributed by atoms with van der Waals surface area (Å²) in [5, 5.41) is 22.2. The minimum atomic E-state index is -0.672. The summed E-state index contributed by atoms with van der Waals surface area (Å²) in [4.78, 5) is 24.1. The third-order valence-electron chi connectivity index (χ3n) is 10.8. The Morgan fingerprint density at radius 3 is 2.65 bits per heavy atom. The summed E-state index contributed by atoms with van der Waals surface area (Å²) in [7, 11) is 0. The van der Waals surface area contributed by atoms with Crippen molar-refractivity contribution < 1.29 is 28.9 Å². The molecular weight excluding hydrogens is 436 g/mol. The van der Waals surface area contributed by atoms with Gasteiger partial charge >= 0.3 is 11.6 Å². The van der Waals surface area contributed by atoms with Crippen LogP contribution >= 0.6 is 0 Å². The summed E-state index contributed by atoms with van der Waals surface area (Å²) in [6, 6.07) is 3.14. The van der Waals surface area contributed by atoms with Crippen LogP contribution in [-0.2, 0) is 14.3 Å². The van der Waals surface area contributed by atoms with Crippen LogP contribution in [0, 0.1) is 28.6 Å². The third kappa shape index (κ3) is 2.75. The highest BCUT2D eigenvalue weighted by Gasteiger charge is 2.86. The minimum Gasteiger partial charge on any atom is -0.459 e. The van der Waals surface area contributed by atoms with Gasteiger partial charge < -0.3 is 24.1 Å². The second-order valence-corrected chi connectivity index (χ2v) is 12.0. The molecule has 2 unspecified atom stereocenters. The number of hydrogen-bond acceptors (Lipinski definition) is 7. The summed E-state index contributed by atoms with van der Waals surface area (Å²) in [5.41, 5.74) is -0.846. The lowest BCUT2D eigenvalue weighted by Crippen LogP contribution is -2.63. The van der Waals surface area contributed by atoms with Gasteiger partial charge in [0.1, 0.15) is 17.8 Å². The highest BCUT2D eigenvalue weighted by Crippen LogP contribution is 2.78. The zero-order valence-corrected chi connectivity index (χ0v) is 20.2. The second kappa shape index (κ2) is 7.40. The average Bonchev–Trinajstić information content (AvgIpc) is 3.51. The summed E-state index contributed by atoms with van der Waals surface area (Å²) < 4.78 is 17.8. The molecule has 11 atom stereocenters. The standard InChI is InChI=1S/C27H36O7/c1-4-20(30)33-23-22(14-5-8-21(31)32-13-14)26(3)19(29)12-18-17(27(26)24(23)34-27)7-6-15-11-16(28)9-10-25(15,18)2/h5,8,13,15-19,22-24,28-29H,4,6-7,9-12H2,1-3H3/t15-,16+,17-,18+,19?,22+,23?,24-,25+,26-,27-/m1/s1. The molecule has 1 spiro atoms. The van der Waals surface area contributed by atoms with Crippen molar-refractivity contribution in [2.75, 3.05) is 0 Å². The fourth-order valence-corrected chi connectivity index (χ4v) is 9.10. The number of epoxide rings is 1. The molecule has 1 saturated heterocycles. The van der Waals surface area contributed by atoms with Gasteiger partial charge in [-0.3, -0.25) is 4.79 Å². The number of esters is 1. The molecule has 0 aromatic carbocycles.